The number of pyridine rings is 1. The molecule has 140 valence electrons. The van der Waals surface area contributed by atoms with Crippen molar-refractivity contribution in [2.75, 3.05) is 13.1 Å². The maximum Gasteiger partial charge on any atom is 0.276 e. The van der Waals surface area contributed by atoms with E-state index in [1.54, 1.807) is 43.1 Å². The van der Waals surface area contributed by atoms with Crippen molar-refractivity contribution in [1.82, 2.24) is 25.5 Å². The molecule has 3 heterocycles. The normalized spacial score (nSPS) is 10.6. The molecule has 0 saturated carbocycles. The van der Waals surface area contributed by atoms with Crippen LogP contribution in [0.1, 0.15) is 38.2 Å². The lowest BCUT2D eigenvalue weighted by Gasteiger charge is -2.21. The van der Waals surface area contributed by atoms with Gasteiger partial charge in [0, 0.05) is 31.4 Å². The summed E-state index contributed by atoms with van der Waals surface area (Å²) in [6.07, 6.45) is 1.66. The molecule has 0 spiro atoms. The molecule has 0 radical (unpaired) electrons. The third-order valence-corrected chi connectivity index (χ3v) is 3.74. The molecule has 3 aromatic heterocycles. The van der Waals surface area contributed by atoms with Crippen molar-refractivity contribution < 1.29 is 18.6 Å². The Hall–Kier alpha value is -3.49. The lowest BCUT2D eigenvalue weighted by Crippen LogP contribution is -2.38. The van der Waals surface area contributed by atoms with Crippen LogP contribution in [0.3, 0.4) is 0 Å². The monoisotopic (exact) mass is 369 g/mol. The van der Waals surface area contributed by atoms with Crippen molar-refractivity contribution in [3.8, 4) is 0 Å². The molecule has 9 heteroatoms. The quantitative estimate of drug-likeness (QED) is 0.674. The van der Waals surface area contributed by atoms with E-state index in [1.165, 1.54) is 0 Å². The minimum Gasteiger partial charge on any atom is -0.361 e. The standard InChI is InChI=1S/C18H19N5O4/c1-12-9-15(21-26-12)17(24)20-7-8-23(11-14-5-3-4-6-19-14)18(25)16-10-13(2)27-22-16/h3-6,9-10H,7-8,11H2,1-2H3,(H,20,24). The van der Waals surface area contributed by atoms with Crippen LogP contribution in [-0.4, -0.2) is 45.1 Å². The van der Waals surface area contributed by atoms with Gasteiger partial charge in [0.1, 0.15) is 11.5 Å². The summed E-state index contributed by atoms with van der Waals surface area (Å²) >= 11 is 0. The second-order valence-corrected chi connectivity index (χ2v) is 5.95. The number of aromatic nitrogens is 3. The van der Waals surface area contributed by atoms with Crippen LogP contribution in [0.5, 0.6) is 0 Å². The van der Waals surface area contributed by atoms with E-state index >= 15 is 0 Å². The van der Waals surface area contributed by atoms with E-state index in [-0.39, 0.29) is 42.8 Å². The molecule has 0 fully saturated rings. The highest BCUT2D eigenvalue weighted by molar-refractivity contribution is 5.93. The summed E-state index contributed by atoms with van der Waals surface area (Å²) in [6, 6.07) is 8.59. The average Bonchev–Trinajstić information content (AvgIpc) is 3.29. The first-order chi connectivity index (χ1) is 13.0. The van der Waals surface area contributed by atoms with Gasteiger partial charge in [0.05, 0.1) is 12.2 Å². The van der Waals surface area contributed by atoms with E-state index in [4.69, 9.17) is 9.05 Å². The van der Waals surface area contributed by atoms with Crippen LogP contribution in [0.4, 0.5) is 0 Å². The van der Waals surface area contributed by atoms with Gasteiger partial charge in [-0.15, -0.1) is 0 Å². The zero-order valence-corrected chi connectivity index (χ0v) is 15.0. The van der Waals surface area contributed by atoms with Crippen LogP contribution in [0.2, 0.25) is 0 Å². The van der Waals surface area contributed by atoms with E-state index < -0.39 is 0 Å². The molecule has 0 atom stereocenters. The Morgan fingerprint density at radius 1 is 1.07 bits per heavy atom. The molecule has 0 saturated heterocycles. The average molecular weight is 369 g/mol. The van der Waals surface area contributed by atoms with Gasteiger partial charge >= 0.3 is 0 Å². The first-order valence-corrected chi connectivity index (χ1v) is 8.37. The third-order valence-electron chi connectivity index (χ3n) is 3.74. The van der Waals surface area contributed by atoms with E-state index in [0.29, 0.717) is 11.5 Å². The highest BCUT2D eigenvalue weighted by Crippen LogP contribution is 2.09. The van der Waals surface area contributed by atoms with Gasteiger partial charge in [-0.3, -0.25) is 14.6 Å². The Bertz CT molecular complexity index is 919. The molecule has 3 rings (SSSR count). The third kappa shape index (κ3) is 4.78. The zero-order valence-electron chi connectivity index (χ0n) is 15.0. The minimum absolute atomic E-state index is 0.197. The molecule has 0 aliphatic rings. The second kappa shape index (κ2) is 8.26. The highest BCUT2D eigenvalue weighted by Gasteiger charge is 2.20. The van der Waals surface area contributed by atoms with Crippen molar-refractivity contribution in [2.24, 2.45) is 0 Å². The summed E-state index contributed by atoms with van der Waals surface area (Å²) in [4.78, 5) is 30.6. The number of amides is 2. The molecule has 3 aromatic rings. The van der Waals surface area contributed by atoms with Crippen molar-refractivity contribution in [3.05, 3.63) is 65.1 Å². The summed E-state index contributed by atoms with van der Waals surface area (Å²) in [6.45, 7) is 4.21. The van der Waals surface area contributed by atoms with Gasteiger partial charge in [-0.2, -0.15) is 0 Å². The molecule has 2 amide bonds. The Morgan fingerprint density at radius 3 is 2.37 bits per heavy atom. The fourth-order valence-electron chi connectivity index (χ4n) is 2.44. The molecule has 0 bridgehead atoms. The number of aryl methyl sites for hydroxylation is 2. The molecule has 27 heavy (non-hydrogen) atoms. The van der Waals surface area contributed by atoms with Gasteiger partial charge in [0.15, 0.2) is 11.4 Å². The number of nitrogens with one attached hydrogen (secondary N) is 1. The van der Waals surface area contributed by atoms with Gasteiger partial charge in [-0.05, 0) is 26.0 Å². The topological polar surface area (TPSA) is 114 Å². The number of carbonyl (C=O) groups is 2. The summed E-state index contributed by atoms with van der Waals surface area (Å²) in [5.74, 6) is 0.428. The number of rotatable bonds is 7. The van der Waals surface area contributed by atoms with Crippen molar-refractivity contribution >= 4 is 11.8 Å². The van der Waals surface area contributed by atoms with E-state index in [1.807, 2.05) is 12.1 Å². The first-order valence-electron chi connectivity index (χ1n) is 8.37. The minimum atomic E-state index is -0.366. The van der Waals surface area contributed by atoms with E-state index in [2.05, 4.69) is 20.6 Å². The van der Waals surface area contributed by atoms with Crippen LogP contribution in [0, 0.1) is 13.8 Å². The van der Waals surface area contributed by atoms with Crippen LogP contribution < -0.4 is 5.32 Å². The Balaban J connectivity index is 1.65. The molecule has 0 aliphatic carbocycles. The maximum absolute atomic E-state index is 12.7. The molecular weight excluding hydrogens is 350 g/mol. The van der Waals surface area contributed by atoms with Gasteiger partial charge in [-0.1, -0.05) is 16.4 Å². The smallest absolute Gasteiger partial charge is 0.276 e. The number of nitrogens with zero attached hydrogens (tertiary/aromatic N) is 4. The lowest BCUT2D eigenvalue weighted by atomic mass is 10.2. The first kappa shape index (κ1) is 18.3. The highest BCUT2D eigenvalue weighted by atomic mass is 16.5. The van der Waals surface area contributed by atoms with Crippen molar-refractivity contribution in [2.45, 2.75) is 20.4 Å². The van der Waals surface area contributed by atoms with Crippen molar-refractivity contribution in [1.29, 1.82) is 0 Å². The molecular formula is C18H19N5O4. The van der Waals surface area contributed by atoms with Gasteiger partial charge in [0.25, 0.3) is 11.8 Å². The Labute approximate surface area is 155 Å². The van der Waals surface area contributed by atoms with Gasteiger partial charge in [-0.25, -0.2) is 0 Å². The van der Waals surface area contributed by atoms with Gasteiger partial charge in [0.2, 0.25) is 0 Å². The van der Waals surface area contributed by atoms with E-state index in [9.17, 15) is 9.59 Å². The maximum atomic E-state index is 12.7. The van der Waals surface area contributed by atoms with Gasteiger partial charge < -0.3 is 19.3 Å². The fourth-order valence-corrected chi connectivity index (χ4v) is 2.44. The van der Waals surface area contributed by atoms with Crippen molar-refractivity contribution in [3.63, 3.8) is 0 Å². The SMILES string of the molecule is Cc1cc(C(=O)NCCN(Cc2ccccn2)C(=O)c2cc(C)on2)no1. The Morgan fingerprint density at radius 2 is 1.78 bits per heavy atom. The molecule has 0 aliphatic heterocycles. The molecule has 0 aromatic carbocycles. The van der Waals surface area contributed by atoms with Crippen LogP contribution in [0.15, 0.2) is 45.6 Å². The van der Waals surface area contributed by atoms with Crippen LogP contribution >= 0.6 is 0 Å². The van der Waals surface area contributed by atoms with Crippen LogP contribution in [-0.2, 0) is 6.54 Å². The summed E-state index contributed by atoms with van der Waals surface area (Å²) in [5.41, 5.74) is 1.13. The zero-order chi connectivity index (χ0) is 19.2. The fraction of sp³-hybridized carbons (Fsp3) is 0.278. The number of carbonyl (C=O) groups excluding carboxylic acids is 2. The summed E-state index contributed by atoms with van der Waals surface area (Å²) in [7, 11) is 0. The number of hydrogen-bond donors (Lipinski definition) is 1. The number of hydrogen-bond acceptors (Lipinski definition) is 7. The predicted molar refractivity (Wildman–Crippen MR) is 93.8 cm³/mol. The Kier molecular flexibility index (Phi) is 5.60. The molecule has 1 N–H and O–H groups in total. The van der Waals surface area contributed by atoms with Crippen LogP contribution in [0.25, 0.3) is 0 Å². The second-order valence-electron chi connectivity index (χ2n) is 5.95. The summed E-state index contributed by atoms with van der Waals surface area (Å²) < 4.78 is 9.88. The van der Waals surface area contributed by atoms with E-state index in [0.717, 1.165) is 5.69 Å². The molecule has 0 unspecified atom stereocenters. The predicted octanol–water partition coefficient (Wildman–Crippen LogP) is 1.75. The molecule has 9 nitrogen and oxygen atoms in total. The lowest BCUT2D eigenvalue weighted by molar-refractivity contribution is 0.0724. The largest absolute Gasteiger partial charge is 0.361 e. The summed E-state index contributed by atoms with van der Waals surface area (Å²) in [5, 5.41) is 10.2.